The molecule has 0 aromatic heterocycles. The van der Waals surface area contributed by atoms with Gasteiger partial charge in [0.05, 0.1) is 5.56 Å². The topological polar surface area (TPSA) is 32.3 Å². The van der Waals surface area contributed by atoms with Gasteiger partial charge in [0.15, 0.2) is 0 Å². The van der Waals surface area contributed by atoms with E-state index in [1.165, 1.54) is 25.7 Å². The molecule has 110 valence electrons. The molecule has 0 radical (unpaired) electrons. The molecule has 0 aliphatic carbocycles. The third-order valence-corrected chi connectivity index (χ3v) is 4.77. The SMILES string of the molecule is O=C(NCCN1CCCCCC1)c1cc(Br)ccc1Br. The van der Waals surface area contributed by atoms with Gasteiger partial charge in [-0.1, -0.05) is 28.8 Å². The number of nitrogens with zero attached hydrogens (tertiary/aromatic N) is 1. The maximum absolute atomic E-state index is 12.1. The Morgan fingerprint density at radius 2 is 1.85 bits per heavy atom. The zero-order chi connectivity index (χ0) is 14.4. The molecule has 0 atom stereocenters. The molecule has 1 aromatic rings. The number of hydrogen-bond donors (Lipinski definition) is 1. The first-order valence-electron chi connectivity index (χ1n) is 7.12. The highest BCUT2D eigenvalue weighted by Gasteiger charge is 2.12. The van der Waals surface area contributed by atoms with Crippen molar-refractivity contribution in [2.24, 2.45) is 0 Å². The fraction of sp³-hybridized carbons (Fsp3) is 0.533. The van der Waals surface area contributed by atoms with E-state index in [1.54, 1.807) is 0 Å². The van der Waals surface area contributed by atoms with Crippen LogP contribution >= 0.6 is 31.9 Å². The summed E-state index contributed by atoms with van der Waals surface area (Å²) in [5.74, 6) is -0.0204. The molecule has 0 spiro atoms. The Morgan fingerprint density at radius 3 is 2.55 bits per heavy atom. The predicted molar refractivity (Wildman–Crippen MR) is 89.1 cm³/mol. The normalized spacial score (nSPS) is 16.7. The lowest BCUT2D eigenvalue weighted by Crippen LogP contribution is -2.35. The van der Waals surface area contributed by atoms with E-state index < -0.39 is 0 Å². The van der Waals surface area contributed by atoms with E-state index in [0.717, 1.165) is 28.6 Å². The van der Waals surface area contributed by atoms with Crippen molar-refractivity contribution in [3.05, 3.63) is 32.7 Å². The lowest BCUT2D eigenvalue weighted by atomic mass is 10.2. The van der Waals surface area contributed by atoms with Gasteiger partial charge in [-0.15, -0.1) is 0 Å². The minimum absolute atomic E-state index is 0.0204. The molecule has 1 N–H and O–H groups in total. The number of carbonyl (C=O) groups excluding carboxylic acids is 1. The lowest BCUT2D eigenvalue weighted by Gasteiger charge is -2.19. The minimum Gasteiger partial charge on any atom is -0.351 e. The van der Waals surface area contributed by atoms with Crippen LogP contribution in [0.15, 0.2) is 27.1 Å². The molecule has 0 unspecified atom stereocenters. The van der Waals surface area contributed by atoms with Crippen LogP contribution in [-0.4, -0.2) is 37.0 Å². The van der Waals surface area contributed by atoms with Gasteiger partial charge in [0.1, 0.15) is 0 Å². The van der Waals surface area contributed by atoms with E-state index in [0.29, 0.717) is 12.1 Å². The summed E-state index contributed by atoms with van der Waals surface area (Å²) in [6.07, 6.45) is 5.25. The molecule has 1 aliphatic heterocycles. The van der Waals surface area contributed by atoms with Crippen molar-refractivity contribution in [3.8, 4) is 0 Å². The Bertz CT molecular complexity index is 457. The van der Waals surface area contributed by atoms with Gasteiger partial charge in [-0.25, -0.2) is 0 Å². The Morgan fingerprint density at radius 1 is 1.15 bits per heavy atom. The van der Waals surface area contributed by atoms with E-state index in [4.69, 9.17) is 0 Å². The maximum Gasteiger partial charge on any atom is 0.252 e. The maximum atomic E-state index is 12.1. The molecule has 0 bridgehead atoms. The molecule has 1 aliphatic rings. The van der Waals surface area contributed by atoms with Gasteiger partial charge in [-0.3, -0.25) is 4.79 Å². The van der Waals surface area contributed by atoms with Gasteiger partial charge in [0.2, 0.25) is 0 Å². The average Bonchev–Trinajstić information content (AvgIpc) is 2.70. The monoisotopic (exact) mass is 402 g/mol. The smallest absolute Gasteiger partial charge is 0.252 e. The number of amides is 1. The zero-order valence-corrected chi connectivity index (χ0v) is 14.7. The first kappa shape index (κ1) is 16.0. The van der Waals surface area contributed by atoms with Gasteiger partial charge in [-0.2, -0.15) is 0 Å². The van der Waals surface area contributed by atoms with Crippen LogP contribution in [0.1, 0.15) is 36.0 Å². The van der Waals surface area contributed by atoms with Crippen molar-refractivity contribution in [3.63, 3.8) is 0 Å². The number of likely N-dealkylation sites (tertiary alicyclic amines) is 1. The number of hydrogen-bond acceptors (Lipinski definition) is 2. The van der Waals surface area contributed by atoms with Crippen LogP contribution in [0.25, 0.3) is 0 Å². The first-order valence-corrected chi connectivity index (χ1v) is 8.71. The number of benzene rings is 1. The van der Waals surface area contributed by atoms with Crippen LogP contribution in [0.4, 0.5) is 0 Å². The zero-order valence-electron chi connectivity index (χ0n) is 11.5. The Balaban J connectivity index is 1.81. The highest BCUT2D eigenvalue weighted by Crippen LogP contribution is 2.21. The Hall–Kier alpha value is -0.390. The van der Waals surface area contributed by atoms with Crippen LogP contribution in [0.5, 0.6) is 0 Å². The summed E-state index contributed by atoms with van der Waals surface area (Å²) in [4.78, 5) is 14.6. The van der Waals surface area contributed by atoms with Crippen molar-refractivity contribution in [2.45, 2.75) is 25.7 Å². The Labute approximate surface area is 137 Å². The highest BCUT2D eigenvalue weighted by atomic mass is 79.9. The largest absolute Gasteiger partial charge is 0.351 e. The molecular formula is C15H20Br2N2O. The van der Waals surface area contributed by atoms with Gasteiger partial charge >= 0.3 is 0 Å². The molecule has 20 heavy (non-hydrogen) atoms. The first-order chi connectivity index (χ1) is 9.66. The van der Waals surface area contributed by atoms with Crippen LogP contribution < -0.4 is 5.32 Å². The summed E-state index contributed by atoms with van der Waals surface area (Å²) in [5, 5.41) is 3.00. The average molecular weight is 404 g/mol. The molecule has 1 amide bonds. The second-order valence-electron chi connectivity index (χ2n) is 5.14. The summed E-state index contributed by atoms with van der Waals surface area (Å²) in [7, 11) is 0. The van der Waals surface area contributed by atoms with E-state index in [2.05, 4.69) is 42.1 Å². The summed E-state index contributed by atoms with van der Waals surface area (Å²) < 4.78 is 1.74. The molecule has 2 rings (SSSR count). The second kappa shape index (κ2) is 8.15. The fourth-order valence-electron chi connectivity index (χ4n) is 2.45. The third kappa shape index (κ3) is 4.86. The van der Waals surface area contributed by atoms with E-state index in [9.17, 15) is 4.79 Å². The molecule has 1 aromatic carbocycles. The van der Waals surface area contributed by atoms with E-state index >= 15 is 0 Å². The van der Waals surface area contributed by atoms with Gasteiger partial charge < -0.3 is 10.2 Å². The van der Waals surface area contributed by atoms with Crippen molar-refractivity contribution in [2.75, 3.05) is 26.2 Å². The molecule has 1 fully saturated rings. The number of halogens is 2. The molecule has 0 saturated carbocycles. The number of rotatable bonds is 4. The van der Waals surface area contributed by atoms with Gasteiger partial charge in [0.25, 0.3) is 5.91 Å². The molecule has 3 nitrogen and oxygen atoms in total. The Kier molecular flexibility index (Phi) is 6.52. The lowest BCUT2D eigenvalue weighted by molar-refractivity contribution is 0.0947. The molecule has 1 saturated heterocycles. The highest BCUT2D eigenvalue weighted by molar-refractivity contribution is 9.11. The number of carbonyl (C=O) groups is 1. The summed E-state index contributed by atoms with van der Waals surface area (Å²) in [5.41, 5.74) is 0.676. The summed E-state index contributed by atoms with van der Waals surface area (Å²) >= 11 is 6.81. The second-order valence-corrected chi connectivity index (χ2v) is 6.91. The number of nitrogens with one attached hydrogen (secondary N) is 1. The fourth-order valence-corrected chi connectivity index (χ4v) is 3.24. The standard InChI is InChI=1S/C15H20Br2N2O/c16-12-5-6-14(17)13(11-12)15(20)18-7-10-19-8-3-1-2-4-9-19/h5-6,11H,1-4,7-10H2,(H,18,20). The van der Waals surface area contributed by atoms with Crippen LogP contribution in [0.2, 0.25) is 0 Å². The quantitative estimate of drug-likeness (QED) is 0.828. The molecular weight excluding hydrogens is 384 g/mol. The van der Waals surface area contributed by atoms with E-state index in [1.807, 2.05) is 18.2 Å². The van der Waals surface area contributed by atoms with Crippen molar-refractivity contribution in [1.29, 1.82) is 0 Å². The molecule has 5 heteroatoms. The summed E-state index contributed by atoms with van der Waals surface area (Å²) in [6, 6.07) is 5.64. The minimum atomic E-state index is -0.0204. The summed E-state index contributed by atoms with van der Waals surface area (Å²) in [6.45, 7) is 3.97. The third-order valence-electron chi connectivity index (χ3n) is 3.59. The van der Waals surface area contributed by atoms with Crippen LogP contribution in [0, 0.1) is 0 Å². The van der Waals surface area contributed by atoms with E-state index in [-0.39, 0.29) is 5.91 Å². The van der Waals surface area contributed by atoms with Crippen LogP contribution in [-0.2, 0) is 0 Å². The van der Waals surface area contributed by atoms with Crippen molar-refractivity contribution in [1.82, 2.24) is 10.2 Å². The van der Waals surface area contributed by atoms with Gasteiger partial charge in [-0.05, 0) is 60.1 Å². The van der Waals surface area contributed by atoms with Crippen molar-refractivity contribution >= 4 is 37.8 Å². The van der Waals surface area contributed by atoms with Gasteiger partial charge in [0, 0.05) is 22.0 Å². The predicted octanol–water partition coefficient (Wildman–Crippen LogP) is 3.82. The molecule has 1 heterocycles. The van der Waals surface area contributed by atoms with Crippen LogP contribution in [0.3, 0.4) is 0 Å². The van der Waals surface area contributed by atoms with Crippen molar-refractivity contribution < 1.29 is 4.79 Å².